The first-order valence-corrected chi connectivity index (χ1v) is 11.6. The Labute approximate surface area is 180 Å². The van der Waals surface area contributed by atoms with Crippen LogP contribution in [0, 0.1) is 0 Å². The maximum Gasteiger partial charge on any atom is 0.332 e. The van der Waals surface area contributed by atoms with Gasteiger partial charge in [-0.2, -0.15) is 0 Å². The third-order valence-corrected chi connectivity index (χ3v) is 7.22. The van der Waals surface area contributed by atoms with E-state index >= 15 is 0 Å². The predicted octanol–water partition coefficient (Wildman–Crippen LogP) is 1.58. The Morgan fingerprint density at radius 1 is 0.968 bits per heavy atom. The zero-order chi connectivity index (χ0) is 22.3. The summed E-state index contributed by atoms with van der Waals surface area (Å²) in [5, 5.41) is 2.21. The molecule has 0 spiro atoms. The van der Waals surface area contributed by atoms with E-state index in [9.17, 15) is 22.8 Å². The molecule has 2 N–H and O–H groups in total. The predicted molar refractivity (Wildman–Crippen MR) is 113 cm³/mol. The van der Waals surface area contributed by atoms with E-state index in [0.29, 0.717) is 13.0 Å². The van der Waals surface area contributed by atoms with Gasteiger partial charge in [-0.3, -0.25) is 0 Å². The number of carbonyl (C=O) groups is 1. The largest absolute Gasteiger partial charge is 0.380 e. The lowest BCUT2D eigenvalue weighted by Gasteiger charge is -2.17. The second-order valence-electron chi connectivity index (χ2n) is 7.40. The van der Waals surface area contributed by atoms with E-state index in [4.69, 9.17) is 4.74 Å². The number of hydrogen-bond acceptors (Lipinski definition) is 6. The van der Waals surface area contributed by atoms with E-state index in [-0.39, 0.29) is 6.61 Å². The molecule has 1 aromatic carbocycles. The topological polar surface area (TPSA) is 119 Å². The van der Waals surface area contributed by atoms with Gasteiger partial charge in [0.05, 0.1) is 6.61 Å². The molecule has 1 fully saturated rings. The average Bonchev–Trinajstić information content (AvgIpc) is 3.49. The summed E-state index contributed by atoms with van der Waals surface area (Å²) in [5.74, 6) is 2.50. The van der Waals surface area contributed by atoms with Gasteiger partial charge in [-0.1, -0.05) is 6.07 Å². The van der Waals surface area contributed by atoms with E-state index in [1.54, 1.807) is 0 Å². The van der Waals surface area contributed by atoms with Crippen LogP contribution in [0.1, 0.15) is 41.5 Å². The summed E-state index contributed by atoms with van der Waals surface area (Å²) in [6, 6.07) is 1.62. The van der Waals surface area contributed by atoms with Gasteiger partial charge in [0.2, 0.25) is 10.0 Å². The van der Waals surface area contributed by atoms with Crippen molar-refractivity contribution in [3.8, 4) is 0 Å². The van der Waals surface area contributed by atoms with Crippen LogP contribution in [0.3, 0.4) is 0 Å². The molecule has 2 aliphatic carbocycles. The minimum atomic E-state index is -3.69. The summed E-state index contributed by atoms with van der Waals surface area (Å²) in [7, 11) is -3.69. The first-order valence-electron chi connectivity index (χ1n) is 10.0. The second kappa shape index (κ2) is 10.3. The molecule has 0 bridgehead atoms. The molecule has 2 amide bonds. The molecule has 8 nitrogen and oxygen atoms in total. The zero-order valence-corrected chi connectivity index (χ0v) is 17.7. The van der Waals surface area contributed by atoms with Gasteiger partial charge < -0.3 is 10.1 Å². The molecule has 1 heterocycles. The molecule has 31 heavy (non-hydrogen) atoms. The minimum absolute atomic E-state index is 0.152. The standard InChI is InChI=1S/C17H22N2O4S.C5O2/c20-17(19-24(21,22)13-7-8-23-10-13)18-16-14-5-1-3-11(14)9-12-4-2-6-15(12)16;6-4-2-1-3-5-7/h9,13H,1-8,10H2,(H2,18,19,20);. The summed E-state index contributed by atoms with van der Waals surface area (Å²) < 4.78 is 31.8. The minimum Gasteiger partial charge on any atom is -0.380 e. The normalized spacial score (nSPS) is 18.0. The summed E-state index contributed by atoms with van der Waals surface area (Å²) in [4.78, 5) is 30.8. The molecular formula is C22H22N2O6S. The van der Waals surface area contributed by atoms with Crippen LogP contribution in [0.25, 0.3) is 0 Å². The van der Waals surface area contributed by atoms with Crippen molar-refractivity contribution in [2.24, 2.45) is 0 Å². The van der Waals surface area contributed by atoms with Crippen molar-refractivity contribution in [2.75, 3.05) is 18.5 Å². The SMILES string of the molecule is O=C(Nc1c2c(cc3c1CCC3)CCC2)NS(=O)(=O)C1CCOC1.O=C=C=C=C=C=O. The number of benzene rings is 1. The zero-order valence-electron chi connectivity index (χ0n) is 16.9. The molecule has 0 aromatic heterocycles. The van der Waals surface area contributed by atoms with Crippen molar-refractivity contribution in [3.05, 3.63) is 45.5 Å². The van der Waals surface area contributed by atoms with Crippen molar-refractivity contribution in [3.63, 3.8) is 0 Å². The Morgan fingerprint density at radius 2 is 1.58 bits per heavy atom. The van der Waals surface area contributed by atoms with Crippen molar-refractivity contribution < 1.29 is 27.5 Å². The van der Waals surface area contributed by atoms with Crippen LogP contribution in [-0.4, -0.2) is 44.8 Å². The highest BCUT2D eigenvalue weighted by molar-refractivity contribution is 7.90. The van der Waals surface area contributed by atoms with Gasteiger partial charge in [-0.25, -0.2) is 27.5 Å². The molecule has 1 atom stereocenters. The van der Waals surface area contributed by atoms with Crippen LogP contribution in [0.5, 0.6) is 0 Å². The average molecular weight is 442 g/mol. The van der Waals surface area contributed by atoms with Gasteiger partial charge in [0.1, 0.15) is 5.25 Å². The highest BCUT2D eigenvalue weighted by Gasteiger charge is 2.32. The number of rotatable bonds is 3. The lowest BCUT2D eigenvalue weighted by molar-refractivity contribution is 0.198. The van der Waals surface area contributed by atoms with Crippen LogP contribution in [0.4, 0.5) is 10.5 Å². The van der Waals surface area contributed by atoms with Crippen LogP contribution in [0.2, 0.25) is 0 Å². The summed E-state index contributed by atoms with van der Waals surface area (Å²) >= 11 is 0. The number of sulfonamides is 1. The van der Waals surface area contributed by atoms with E-state index < -0.39 is 21.3 Å². The van der Waals surface area contributed by atoms with Crippen molar-refractivity contribution in [2.45, 2.75) is 50.2 Å². The number of anilines is 1. The van der Waals surface area contributed by atoms with E-state index in [1.807, 2.05) is 17.2 Å². The fraction of sp³-hybridized carbons (Fsp3) is 0.455. The number of aryl methyl sites for hydroxylation is 2. The molecular weight excluding hydrogens is 420 g/mol. The second-order valence-corrected chi connectivity index (χ2v) is 9.36. The Morgan fingerprint density at radius 3 is 2.10 bits per heavy atom. The Bertz CT molecular complexity index is 1100. The molecule has 4 rings (SSSR count). The number of nitrogens with one attached hydrogen (secondary N) is 2. The van der Waals surface area contributed by atoms with Gasteiger partial charge in [0, 0.05) is 29.5 Å². The molecule has 9 heteroatoms. The molecule has 162 valence electrons. The van der Waals surface area contributed by atoms with Gasteiger partial charge in [0.15, 0.2) is 11.9 Å². The Hall–Kier alpha value is -3.10. The third-order valence-electron chi connectivity index (χ3n) is 5.50. The quantitative estimate of drug-likeness (QED) is 0.542. The van der Waals surface area contributed by atoms with E-state index in [0.717, 1.165) is 44.2 Å². The van der Waals surface area contributed by atoms with E-state index in [2.05, 4.69) is 16.1 Å². The maximum absolute atomic E-state index is 12.3. The Kier molecular flexibility index (Phi) is 7.49. The summed E-state index contributed by atoms with van der Waals surface area (Å²) in [5.41, 5.74) is 11.4. The smallest absolute Gasteiger partial charge is 0.332 e. The Balaban J connectivity index is 0.000000339. The molecule has 1 aliphatic heterocycles. The lowest BCUT2D eigenvalue weighted by Crippen LogP contribution is -2.41. The van der Waals surface area contributed by atoms with E-state index in [1.165, 1.54) is 34.1 Å². The highest BCUT2D eigenvalue weighted by Crippen LogP contribution is 2.38. The van der Waals surface area contributed by atoms with Crippen molar-refractivity contribution in [1.82, 2.24) is 4.72 Å². The number of ether oxygens (including phenoxy) is 1. The lowest BCUT2D eigenvalue weighted by atomic mass is 9.99. The molecule has 0 radical (unpaired) electrons. The monoisotopic (exact) mass is 442 g/mol. The molecule has 0 saturated carbocycles. The summed E-state index contributed by atoms with van der Waals surface area (Å²) in [6.45, 7) is 0.575. The highest BCUT2D eigenvalue weighted by atomic mass is 32.2. The van der Waals surface area contributed by atoms with Gasteiger partial charge in [0.25, 0.3) is 0 Å². The van der Waals surface area contributed by atoms with Crippen LogP contribution >= 0.6 is 0 Å². The third kappa shape index (κ3) is 5.53. The maximum atomic E-state index is 12.3. The number of hydrogen-bond donors (Lipinski definition) is 2. The first kappa shape index (κ1) is 22.6. The number of urea groups is 1. The number of carbonyl (C=O) groups excluding carboxylic acids is 3. The number of fused-ring (bicyclic) bond motifs is 2. The van der Waals surface area contributed by atoms with Crippen molar-refractivity contribution >= 4 is 33.6 Å². The van der Waals surface area contributed by atoms with Crippen LogP contribution in [-0.2, 0) is 50.0 Å². The van der Waals surface area contributed by atoms with Gasteiger partial charge in [-0.15, -0.1) is 0 Å². The first-order chi connectivity index (χ1) is 15.0. The summed E-state index contributed by atoms with van der Waals surface area (Å²) in [6.07, 6.45) is 6.58. The number of amides is 2. The van der Waals surface area contributed by atoms with Gasteiger partial charge >= 0.3 is 6.03 Å². The van der Waals surface area contributed by atoms with Crippen molar-refractivity contribution in [1.29, 1.82) is 0 Å². The molecule has 1 saturated heterocycles. The molecule has 1 aromatic rings. The fourth-order valence-corrected chi connectivity index (χ4v) is 5.32. The fourth-order valence-electron chi connectivity index (χ4n) is 4.16. The van der Waals surface area contributed by atoms with Gasteiger partial charge in [-0.05, 0) is 67.2 Å². The van der Waals surface area contributed by atoms with Crippen LogP contribution < -0.4 is 10.0 Å². The van der Waals surface area contributed by atoms with Crippen LogP contribution in [0.15, 0.2) is 23.3 Å². The molecule has 1 unspecified atom stereocenters. The molecule has 3 aliphatic rings.